The molecule has 0 unspecified atom stereocenters. The summed E-state index contributed by atoms with van der Waals surface area (Å²) < 4.78 is 1.95. The van der Waals surface area contributed by atoms with Crippen LogP contribution in [0.3, 0.4) is 0 Å². The molecule has 0 bridgehead atoms. The molecule has 0 saturated heterocycles. The second-order valence-electron chi connectivity index (χ2n) is 3.35. The number of rotatable bonds is 4. The summed E-state index contributed by atoms with van der Waals surface area (Å²) in [5.74, 6) is 1.72. The van der Waals surface area contributed by atoms with E-state index in [0.717, 1.165) is 30.3 Å². The van der Waals surface area contributed by atoms with E-state index in [1.807, 2.05) is 10.9 Å². The molecule has 1 aliphatic carbocycles. The molecular weight excluding hydrogens is 170 g/mol. The van der Waals surface area contributed by atoms with Crippen LogP contribution in [0.1, 0.15) is 18.5 Å². The summed E-state index contributed by atoms with van der Waals surface area (Å²) in [6.07, 6.45) is 5.69. The second kappa shape index (κ2) is 3.47. The minimum Gasteiger partial charge on any atom is -0.252 e. The Morgan fingerprint density at radius 3 is 3.08 bits per heavy atom. The number of aromatic nitrogens is 3. The molecule has 12 heavy (non-hydrogen) atoms. The highest BCUT2D eigenvalue weighted by Gasteiger charge is 2.22. The molecule has 0 N–H and O–H groups in total. The van der Waals surface area contributed by atoms with E-state index in [2.05, 4.69) is 22.9 Å². The Labute approximate surface area is 77.6 Å². The van der Waals surface area contributed by atoms with Crippen LogP contribution in [0.2, 0.25) is 0 Å². The Morgan fingerprint density at radius 1 is 1.58 bits per heavy atom. The molecule has 0 atom stereocenters. The predicted molar refractivity (Wildman–Crippen MR) is 50.3 cm³/mol. The molecule has 2 rings (SSSR count). The molecule has 0 spiro atoms. The van der Waals surface area contributed by atoms with Gasteiger partial charge in [-0.05, 0) is 24.5 Å². The normalized spacial score (nSPS) is 16.8. The summed E-state index contributed by atoms with van der Waals surface area (Å²) in [7, 11) is 0. The molecule has 0 radical (unpaired) electrons. The van der Waals surface area contributed by atoms with Crippen molar-refractivity contribution < 1.29 is 0 Å². The van der Waals surface area contributed by atoms with Crippen LogP contribution in [-0.2, 0) is 13.0 Å². The monoisotopic (exact) mass is 183 g/mol. The van der Waals surface area contributed by atoms with E-state index in [9.17, 15) is 0 Å². The van der Waals surface area contributed by atoms with Gasteiger partial charge in [0.2, 0.25) is 0 Å². The lowest BCUT2D eigenvalue weighted by Gasteiger charge is -1.94. The minimum absolute atomic E-state index is 0.849. The molecule has 3 nitrogen and oxygen atoms in total. The van der Waals surface area contributed by atoms with Crippen LogP contribution in [0.15, 0.2) is 6.20 Å². The zero-order valence-corrected chi connectivity index (χ0v) is 7.87. The van der Waals surface area contributed by atoms with Gasteiger partial charge in [-0.3, -0.25) is 4.68 Å². The number of hydrogen-bond acceptors (Lipinski definition) is 3. The molecule has 4 heteroatoms. The van der Waals surface area contributed by atoms with Crippen LogP contribution >= 0.6 is 12.6 Å². The number of nitrogens with zero attached hydrogens (tertiary/aromatic N) is 3. The lowest BCUT2D eigenvalue weighted by atomic mass is 10.4. The fraction of sp³-hybridized carbons (Fsp3) is 0.750. The van der Waals surface area contributed by atoms with Crippen molar-refractivity contribution in [1.29, 1.82) is 0 Å². The SMILES string of the molecule is SCCc1cn(CC2CC2)nn1. The average Bonchev–Trinajstić information content (AvgIpc) is 2.74. The summed E-state index contributed by atoms with van der Waals surface area (Å²) in [5, 5.41) is 8.10. The van der Waals surface area contributed by atoms with Crippen molar-refractivity contribution in [3.63, 3.8) is 0 Å². The van der Waals surface area contributed by atoms with Gasteiger partial charge in [-0.15, -0.1) is 5.10 Å². The van der Waals surface area contributed by atoms with Gasteiger partial charge in [0.15, 0.2) is 0 Å². The fourth-order valence-electron chi connectivity index (χ4n) is 1.22. The predicted octanol–water partition coefficient (Wildman–Crippen LogP) is 1.16. The average molecular weight is 183 g/mol. The minimum atomic E-state index is 0.849. The van der Waals surface area contributed by atoms with Gasteiger partial charge in [0.25, 0.3) is 0 Å². The lowest BCUT2D eigenvalue weighted by molar-refractivity contribution is 0.544. The third-order valence-corrected chi connectivity index (χ3v) is 2.32. The number of aryl methyl sites for hydroxylation is 1. The first-order valence-electron chi connectivity index (χ1n) is 4.38. The van der Waals surface area contributed by atoms with E-state index in [0.29, 0.717) is 0 Å². The maximum Gasteiger partial charge on any atom is 0.0835 e. The van der Waals surface area contributed by atoms with Crippen LogP contribution in [0, 0.1) is 5.92 Å². The Hall–Kier alpha value is -0.510. The molecule has 0 aromatic carbocycles. The van der Waals surface area contributed by atoms with Crippen molar-refractivity contribution in [3.8, 4) is 0 Å². The fourth-order valence-corrected chi connectivity index (χ4v) is 1.45. The largest absolute Gasteiger partial charge is 0.252 e. The van der Waals surface area contributed by atoms with Gasteiger partial charge in [-0.1, -0.05) is 5.21 Å². The molecular formula is C8H13N3S. The Bertz CT molecular complexity index is 255. The molecule has 1 fully saturated rings. The molecule has 1 saturated carbocycles. The first-order valence-corrected chi connectivity index (χ1v) is 5.01. The van der Waals surface area contributed by atoms with Gasteiger partial charge in [-0.25, -0.2) is 0 Å². The van der Waals surface area contributed by atoms with Crippen LogP contribution in [0.25, 0.3) is 0 Å². The summed E-state index contributed by atoms with van der Waals surface area (Å²) in [4.78, 5) is 0. The molecule has 0 aliphatic heterocycles. The highest BCUT2D eigenvalue weighted by molar-refractivity contribution is 7.80. The first-order chi connectivity index (χ1) is 5.88. The molecule has 1 aromatic heterocycles. The Balaban J connectivity index is 1.92. The third-order valence-electron chi connectivity index (χ3n) is 2.10. The first kappa shape index (κ1) is 8.10. The van der Waals surface area contributed by atoms with Gasteiger partial charge in [-0.2, -0.15) is 12.6 Å². The standard InChI is InChI=1S/C8H13N3S/c12-4-3-8-6-11(10-9-8)5-7-1-2-7/h6-7,12H,1-5H2. The maximum absolute atomic E-state index is 4.15. The zero-order chi connectivity index (χ0) is 8.39. The van der Waals surface area contributed by atoms with Crippen LogP contribution in [0.5, 0.6) is 0 Å². The summed E-state index contributed by atoms with van der Waals surface area (Å²) >= 11 is 4.15. The highest BCUT2D eigenvalue weighted by atomic mass is 32.1. The Kier molecular flexibility index (Phi) is 2.35. The van der Waals surface area contributed by atoms with Crippen molar-refractivity contribution in [2.45, 2.75) is 25.8 Å². The maximum atomic E-state index is 4.15. The molecule has 1 aromatic rings. The van der Waals surface area contributed by atoms with E-state index < -0.39 is 0 Å². The molecule has 66 valence electrons. The zero-order valence-electron chi connectivity index (χ0n) is 6.98. The van der Waals surface area contributed by atoms with Gasteiger partial charge >= 0.3 is 0 Å². The van der Waals surface area contributed by atoms with Crippen molar-refractivity contribution in [1.82, 2.24) is 15.0 Å². The van der Waals surface area contributed by atoms with Gasteiger partial charge < -0.3 is 0 Å². The topological polar surface area (TPSA) is 30.7 Å². The van der Waals surface area contributed by atoms with E-state index in [1.165, 1.54) is 12.8 Å². The highest BCUT2D eigenvalue weighted by Crippen LogP contribution is 2.30. The number of hydrogen-bond donors (Lipinski definition) is 1. The summed E-state index contributed by atoms with van der Waals surface area (Å²) in [6, 6.07) is 0. The van der Waals surface area contributed by atoms with Gasteiger partial charge in [0.1, 0.15) is 0 Å². The van der Waals surface area contributed by atoms with Gasteiger partial charge in [0.05, 0.1) is 5.69 Å². The van der Waals surface area contributed by atoms with Crippen molar-refractivity contribution >= 4 is 12.6 Å². The van der Waals surface area contributed by atoms with E-state index >= 15 is 0 Å². The van der Waals surface area contributed by atoms with Crippen LogP contribution < -0.4 is 0 Å². The van der Waals surface area contributed by atoms with Crippen LogP contribution in [-0.4, -0.2) is 20.7 Å². The summed E-state index contributed by atoms with van der Waals surface area (Å²) in [6.45, 7) is 1.06. The van der Waals surface area contributed by atoms with Crippen molar-refractivity contribution in [2.75, 3.05) is 5.75 Å². The van der Waals surface area contributed by atoms with Gasteiger partial charge in [0, 0.05) is 19.2 Å². The second-order valence-corrected chi connectivity index (χ2v) is 3.80. The smallest absolute Gasteiger partial charge is 0.0835 e. The van der Waals surface area contributed by atoms with E-state index in [-0.39, 0.29) is 0 Å². The van der Waals surface area contributed by atoms with Crippen molar-refractivity contribution in [3.05, 3.63) is 11.9 Å². The van der Waals surface area contributed by atoms with Crippen molar-refractivity contribution in [2.24, 2.45) is 5.92 Å². The molecule has 1 aliphatic rings. The van der Waals surface area contributed by atoms with E-state index in [1.54, 1.807) is 0 Å². The quantitative estimate of drug-likeness (QED) is 0.710. The lowest BCUT2D eigenvalue weighted by Crippen LogP contribution is -1.99. The van der Waals surface area contributed by atoms with E-state index in [4.69, 9.17) is 0 Å². The summed E-state index contributed by atoms with van der Waals surface area (Å²) in [5.41, 5.74) is 1.06. The van der Waals surface area contributed by atoms with Crippen LogP contribution in [0.4, 0.5) is 0 Å². The molecule has 0 amide bonds. The molecule has 1 heterocycles. The number of thiol groups is 1. The Morgan fingerprint density at radius 2 is 2.42 bits per heavy atom. The third kappa shape index (κ3) is 2.00.